The van der Waals surface area contributed by atoms with Gasteiger partial charge in [0, 0.05) is 6.54 Å². The van der Waals surface area contributed by atoms with E-state index < -0.39 is 30.0 Å². The maximum atomic E-state index is 12.2. The monoisotopic (exact) mass is 403 g/mol. The average Bonchev–Trinajstić information content (AvgIpc) is 2.78. The molecule has 1 fully saturated rings. The zero-order valence-corrected chi connectivity index (χ0v) is 19.1. The number of carbonyl (C=O) groups is 1. The fourth-order valence-electron chi connectivity index (χ4n) is 2.82. The van der Waals surface area contributed by atoms with Gasteiger partial charge >= 0.3 is 13.2 Å². The molecule has 0 spiro atoms. The Labute approximate surface area is 175 Å². The van der Waals surface area contributed by atoms with Gasteiger partial charge in [-0.1, -0.05) is 12.1 Å². The number of carbonyl (C=O) groups excluding carboxylic acids is 1. The maximum absolute atomic E-state index is 12.2. The number of methoxy groups -OCH3 is 1. The molecular weight excluding hydrogens is 369 g/mol. The van der Waals surface area contributed by atoms with Crippen LogP contribution in [0.5, 0.6) is 5.75 Å². The van der Waals surface area contributed by atoms with Gasteiger partial charge in [0.15, 0.2) is 0 Å². The predicted molar refractivity (Wildman–Crippen MR) is 116 cm³/mol. The number of aryl methyl sites for hydroxylation is 1. The number of hydrogen-bond donors (Lipinski definition) is 1. The van der Waals surface area contributed by atoms with E-state index in [-0.39, 0.29) is 6.54 Å². The quantitative estimate of drug-likeness (QED) is 0.731. The van der Waals surface area contributed by atoms with Crippen molar-refractivity contribution in [2.45, 2.75) is 72.2 Å². The summed E-state index contributed by atoms with van der Waals surface area (Å²) in [5.74, 6) is 0.795. The van der Waals surface area contributed by atoms with Crippen LogP contribution in [0.25, 0.3) is 6.08 Å². The molecular formula is C22H34BNO5. The van der Waals surface area contributed by atoms with Gasteiger partial charge in [0.2, 0.25) is 0 Å². The highest BCUT2D eigenvalue weighted by Gasteiger charge is 2.52. The molecule has 1 amide bonds. The van der Waals surface area contributed by atoms with Crippen LogP contribution in [0.1, 0.15) is 59.6 Å². The van der Waals surface area contributed by atoms with Gasteiger partial charge in [-0.05, 0) is 84.1 Å². The van der Waals surface area contributed by atoms with Crippen LogP contribution in [-0.4, -0.2) is 43.7 Å². The van der Waals surface area contributed by atoms with Crippen LogP contribution in [0.2, 0.25) is 0 Å². The Morgan fingerprint density at radius 2 is 1.76 bits per heavy atom. The van der Waals surface area contributed by atoms with Crippen molar-refractivity contribution >= 4 is 19.3 Å². The minimum atomic E-state index is -0.573. The molecule has 0 aliphatic carbocycles. The number of amides is 1. The van der Waals surface area contributed by atoms with Gasteiger partial charge in [0.05, 0.1) is 18.3 Å². The highest BCUT2D eigenvalue weighted by molar-refractivity contribution is 6.56. The third-order valence-electron chi connectivity index (χ3n) is 5.21. The summed E-state index contributed by atoms with van der Waals surface area (Å²) in [6.45, 7) is 15.8. The Morgan fingerprint density at radius 1 is 1.17 bits per heavy atom. The molecule has 6 nitrogen and oxygen atoms in total. The van der Waals surface area contributed by atoms with E-state index >= 15 is 0 Å². The number of ether oxygens (including phenoxy) is 2. The Morgan fingerprint density at radius 3 is 2.24 bits per heavy atom. The zero-order valence-electron chi connectivity index (χ0n) is 19.1. The molecule has 7 heteroatoms. The molecule has 160 valence electrons. The topological polar surface area (TPSA) is 66.0 Å². The Bertz CT molecular complexity index is 764. The third-order valence-corrected chi connectivity index (χ3v) is 5.21. The number of alkyl carbamates (subject to hydrolysis) is 1. The molecule has 0 atom stereocenters. The summed E-state index contributed by atoms with van der Waals surface area (Å²) in [4.78, 5) is 12.2. The van der Waals surface area contributed by atoms with Crippen molar-refractivity contribution in [1.82, 2.24) is 5.32 Å². The Balaban J connectivity index is 2.30. The number of nitrogens with one attached hydrogen (secondary N) is 1. The first-order chi connectivity index (χ1) is 13.2. The van der Waals surface area contributed by atoms with Gasteiger partial charge in [0.1, 0.15) is 11.4 Å². The number of benzene rings is 1. The van der Waals surface area contributed by atoms with Crippen molar-refractivity contribution in [1.29, 1.82) is 0 Å². The molecule has 1 aromatic carbocycles. The van der Waals surface area contributed by atoms with Gasteiger partial charge in [0.25, 0.3) is 0 Å². The van der Waals surface area contributed by atoms with E-state index in [0.717, 1.165) is 22.3 Å². The molecule has 29 heavy (non-hydrogen) atoms. The van der Waals surface area contributed by atoms with Crippen molar-refractivity contribution in [3.63, 3.8) is 0 Å². The predicted octanol–water partition coefficient (Wildman–Crippen LogP) is 4.54. The first-order valence-electron chi connectivity index (χ1n) is 9.92. The fraction of sp³-hybridized carbons (Fsp3) is 0.591. The van der Waals surface area contributed by atoms with Crippen molar-refractivity contribution in [2.75, 3.05) is 13.7 Å². The molecule has 1 aliphatic rings. The van der Waals surface area contributed by atoms with Crippen LogP contribution in [0.4, 0.5) is 4.79 Å². The maximum Gasteiger partial charge on any atom is 0.492 e. The number of hydrogen-bond acceptors (Lipinski definition) is 5. The average molecular weight is 403 g/mol. The SMILES string of the molecule is COc1ccc(C=C(CNC(=O)OC(C)(C)C)B2OC(C)(C)C(C)(C)O2)c(C)c1. The van der Waals surface area contributed by atoms with Crippen LogP contribution >= 0.6 is 0 Å². The minimum Gasteiger partial charge on any atom is -0.497 e. The highest BCUT2D eigenvalue weighted by atomic mass is 16.7. The summed E-state index contributed by atoms with van der Waals surface area (Å²) >= 11 is 0. The van der Waals surface area contributed by atoms with E-state index in [1.165, 1.54) is 0 Å². The largest absolute Gasteiger partial charge is 0.497 e. The van der Waals surface area contributed by atoms with Crippen LogP contribution < -0.4 is 10.1 Å². The van der Waals surface area contributed by atoms with Gasteiger partial charge in [-0.2, -0.15) is 0 Å². The second-order valence-corrected chi connectivity index (χ2v) is 9.39. The minimum absolute atomic E-state index is 0.247. The summed E-state index contributed by atoms with van der Waals surface area (Å²) in [6.07, 6.45) is 1.51. The van der Waals surface area contributed by atoms with Crippen LogP contribution in [0.3, 0.4) is 0 Å². The van der Waals surface area contributed by atoms with Crippen molar-refractivity contribution in [2.24, 2.45) is 0 Å². The molecule has 1 aromatic rings. The summed E-state index contributed by atoms with van der Waals surface area (Å²) in [6, 6.07) is 5.85. The second kappa shape index (κ2) is 8.40. The molecule has 0 aromatic heterocycles. The lowest BCUT2D eigenvalue weighted by molar-refractivity contribution is 0.00578. The summed E-state index contributed by atoms with van der Waals surface area (Å²) in [5.41, 5.74) is 1.35. The summed E-state index contributed by atoms with van der Waals surface area (Å²) in [7, 11) is 1.07. The summed E-state index contributed by atoms with van der Waals surface area (Å²) < 4.78 is 23.1. The lowest BCUT2D eigenvalue weighted by Crippen LogP contribution is -2.41. The molecule has 2 rings (SSSR count). The van der Waals surface area contributed by atoms with Crippen LogP contribution in [0, 0.1) is 6.92 Å². The van der Waals surface area contributed by atoms with E-state index in [0.29, 0.717) is 0 Å². The van der Waals surface area contributed by atoms with Gasteiger partial charge in [-0.25, -0.2) is 4.79 Å². The lowest BCUT2D eigenvalue weighted by Gasteiger charge is -2.32. The van der Waals surface area contributed by atoms with Crippen LogP contribution in [0.15, 0.2) is 23.7 Å². The van der Waals surface area contributed by atoms with Crippen molar-refractivity contribution in [3.05, 3.63) is 34.8 Å². The van der Waals surface area contributed by atoms with E-state index in [1.807, 2.05) is 79.7 Å². The lowest BCUT2D eigenvalue weighted by atomic mass is 9.76. The molecule has 0 bridgehead atoms. The highest BCUT2D eigenvalue weighted by Crippen LogP contribution is 2.39. The smallest absolute Gasteiger partial charge is 0.492 e. The van der Waals surface area contributed by atoms with E-state index in [2.05, 4.69) is 5.32 Å². The third kappa shape index (κ3) is 6.00. The molecule has 1 N–H and O–H groups in total. The van der Waals surface area contributed by atoms with Crippen molar-refractivity contribution < 1.29 is 23.6 Å². The van der Waals surface area contributed by atoms with Gasteiger partial charge in [-0.15, -0.1) is 0 Å². The van der Waals surface area contributed by atoms with Gasteiger partial charge < -0.3 is 24.1 Å². The zero-order chi connectivity index (χ0) is 22.0. The first kappa shape index (κ1) is 23.3. The standard InChI is InChI=1S/C22H34BNO5/c1-15-12-18(26-9)11-10-16(15)13-17(14-24-19(25)27-20(2,3)4)23-28-21(5,6)22(7,8)29-23/h10-13H,14H2,1-9H3,(H,24,25). The first-order valence-corrected chi connectivity index (χ1v) is 9.92. The molecule has 1 aliphatic heterocycles. The molecule has 1 saturated heterocycles. The molecule has 0 unspecified atom stereocenters. The van der Waals surface area contributed by atoms with Crippen LogP contribution in [-0.2, 0) is 14.0 Å². The molecule has 0 radical (unpaired) electrons. The summed E-state index contributed by atoms with van der Waals surface area (Å²) in [5, 5.41) is 2.82. The fourth-order valence-corrected chi connectivity index (χ4v) is 2.82. The normalized spacial score (nSPS) is 18.5. The van der Waals surface area contributed by atoms with Gasteiger partial charge in [-0.3, -0.25) is 0 Å². The Kier molecular flexibility index (Phi) is 6.75. The van der Waals surface area contributed by atoms with E-state index in [9.17, 15) is 4.79 Å². The van der Waals surface area contributed by atoms with Crippen molar-refractivity contribution in [3.8, 4) is 5.75 Å². The second-order valence-electron chi connectivity index (χ2n) is 9.39. The van der Waals surface area contributed by atoms with E-state index in [1.54, 1.807) is 7.11 Å². The van der Waals surface area contributed by atoms with E-state index in [4.69, 9.17) is 18.8 Å². The number of rotatable bonds is 5. The Hall–Kier alpha value is -1.99. The molecule has 1 heterocycles. The molecule has 0 saturated carbocycles.